The van der Waals surface area contributed by atoms with E-state index < -0.39 is 14.8 Å². The first kappa shape index (κ1) is 12.8. The first-order chi connectivity index (χ1) is 7.44. The summed E-state index contributed by atoms with van der Waals surface area (Å²) in [5.41, 5.74) is 0. The second kappa shape index (κ2) is 5.21. The van der Waals surface area contributed by atoms with Gasteiger partial charge in [-0.1, -0.05) is 6.92 Å². The van der Waals surface area contributed by atoms with Crippen LogP contribution in [0, 0.1) is 10.1 Å². The van der Waals surface area contributed by atoms with Crippen molar-refractivity contribution in [2.45, 2.75) is 6.92 Å². The third-order valence-electron chi connectivity index (χ3n) is 1.80. The second-order valence-electron chi connectivity index (χ2n) is 2.92. The van der Waals surface area contributed by atoms with Crippen molar-refractivity contribution in [1.82, 2.24) is 4.98 Å². The molecular formula is C7H11N3O4S2. The van der Waals surface area contributed by atoms with Crippen LogP contribution in [0.5, 0.6) is 0 Å². The van der Waals surface area contributed by atoms with Crippen LogP contribution in [-0.2, 0) is 9.84 Å². The molecule has 9 heteroatoms. The van der Waals surface area contributed by atoms with Crippen molar-refractivity contribution >= 4 is 31.3 Å². The summed E-state index contributed by atoms with van der Waals surface area (Å²) < 4.78 is 22.3. The average Bonchev–Trinajstić information content (AvgIpc) is 2.66. The van der Waals surface area contributed by atoms with Crippen LogP contribution in [0.2, 0.25) is 0 Å². The van der Waals surface area contributed by atoms with E-state index in [-0.39, 0.29) is 23.1 Å². The summed E-state index contributed by atoms with van der Waals surface area (Å²) in [5, 5.41) is 13.4. The van der Waals surface area contributed by atoms with E-state index in [1.54, 1.807) is 6.92 Å². The van der Waals surface area contributed by atoms with Gasteiger partial charge in [0, 0.05) is 12.3 Å². The van der Waals surface area contributed by atoms with Gasteiger partial charge in [-0.25, -0.2) is 13.4 Å². The fourth-order valence-corrected chi connectivity index (χ4v) is 2.25. The van der Waals surface area contributed by atoms with E-state index in [0.29, 0.717) is 5.13 Å². The zero-order chi connectivity index (χ0) is 12.2. The molecule has 0 aliphatic carbocycles. The molecule has 1 heterocycles. The van der Waals surface area contributed by atoms with Crippen molar-refractivity contribution < 1.29 is 13.3 Å². The lowest BCUT2D eigenvalue weighted by Crippen LogP contribution is -2.16. The predicted molar refractivity (Wildman–Crippen MR) is 61.6 cm³/mol. The summed E-state index contributed by atoms with van der Waals surface area (Å²) in [5.74, 6) is 0.0869. The molecule has 0 aromatic carbocycles. The van der Waals surface area contributed by atoms with Crippen LogP contribution >= 0.6 is 11.3 Å². The molecule has 0 atom stereocenters. The minimum absolute atomic E-state index is 0.00310. The molecule has 0 spiro atoms. The van der Waals surface area contributed by atoms with Gasteiger partial charge in [-0.3, -0.25) is 10.1 Å². The van der Waals surface area contributed by atoms with Gasteiger partial charge in [0.15, 0.2) is 15.0 Å². The Labute approximate surface area is 96.6 Å². The fourth-order valence-electron chi connectivity index (χ4n) is 0.890. The number of nitrogens with zero attached hydrogens (tertiary/aromatic N) is 2. The minimum Gasteiger partial charge on any atom is -0.360 e. The second-order valence-corrected chi connectivity index (χ2v) is 6.41. The lowest BCUT2D eigenvalue weighted by Gasteiger charge is -2.01. The highest BCUT2D eigenvalue weighted by atomic mass is 32.2. The van der Waals surface area contributed by atoms with Crippen LogP contribution in [0.1, 0.15) is 6.92 Å². The predicted octanol–water partition coefficient (Wildman–Crippen LogP) is 0.898. The molecule has 0 radical (unpaired) electrons. The van der Waals surface area contributed by atoms with Crippen molar-refractivity contribution in [3.8, 4) is 0 Å². The summed E-state index contributed by atoms with van der Waals surface area (Å²) in [6.45, 7) is 1.78. The molecule has 1 aromatic rings. The molecule has 90 valence electrons. The van der Waals surface area contributed by atoms with E-state index >= 15 is 0 Å². The summed E-state index contributed by atoms with van der Waals surface area (Å²) in [6.07, 6.45) is 1.14. The smallest absolute Gasteiger partial charge is 0.345 e. The molecule has 0 saturated heterocycles. The van der Waals surface area contributed by atoms with Crippen LogP contribution in [0.4, 0.5) is 10.1 Å². The van der Waals surface area contributed by atoms with Crippen LogP contribution in [-0.4, -0.2) is 36.4 Å². The van der Waals surface area contributed by atoms with Crippen molar-refractivity contribution in [3.05, 3.63) is 16.3 Å². The number of nitro groups is 1. The molecule has 1 N–H and O–H groups in total. The lowest BCUT2D eigenvalue weighted by atomic mass is 10.7. The standard InChI is InChI=1S/C7H11N3O4S2/c1-2-16(13,14)4-3-8-7-9-5-6(15-7)10(11)12/h5H,2-4H2,1H3,(H,8,9). The highest BCUT2D eigenvalue weighted by Gasteiger charge is 2.12. The van der Waals surface area contributed by atoms with Crippen molar-refractivity contribution in [2.75, 3.05) is 23.4 Å². The maximum Gasteiger partial charge on any atom is 0.345 e. The van der Waals surface area contributed by atoms with Crippen molar-refractivity contribution in [1.29, 1.82) is 0 Å². The monoisotopic (exact) mass is 265 g/mol. The van der Waals surface area contributed by atoms with Crippen LogP contribution in [0.25, 0.3) is 0 Å². The van der Waals surface area contributed by atoms with Gasteiger partial charge in [0.2, 0.25) is 0 Å². The Morgan fingerprint density at radius 2 is 2.31 bits per heavy atom. The van der Waals surface area contributed by atoms with Gasteiger partial charge in [0.1, 0.15) is 6.20 Å². The number of nitrogens with one attached hydrogen (secondary N) is 1. The normalized spacial score (nSPS) is 11.3. The average molecular weight is 265 g/mol. The molecule has 0 amide bonds. The van der Waals surface area contributed by atoms with Crippen molar-refractivity contribution in [2.24, 2.45) is 0 Å². The number of hydrogen-bond donors (Lipinski definition) is 1. The number of sulfone groups is 1. The molecule has 0 unspecified atom stereocenters. The lowest BCUT2D eigenvalue weighted by molar-refractivity contribution is -0.380. The maximum atomic E-state index is 11.1. The fraction of sp³-hybridized carbons (Fsp3) is 0.571. The molecule has 7 nitrogen and oxygen atoms in total. The van der Waals surface area contributed by atoms with Gasteiger partial charge in [0.05, 0.1) is 10.7 Å². The SMILES string of the molecule is CCS(=O)(=O)CCNc1ncc([N+](=O)[O-])s1. The zero-order valence-electron chi connectivity index (χ0n) is 8.54. The Hall–Kier alpha value is -1.22. The Morgan fingerprint density at radius 3 is 2.81 bits per heavy atom. The first-order valence-electron chi connectivity index (χ1n) is 4.49. The van der Waals surface area contributed by atoms with E-state index in [2.05, 4.69) is 10.3 Å². The number of thiazole rings is 1. The summed E-state index contributed by atoms with van der Waals surface area (Å²) in [4.78, 5) is 13.6. The van der Waals surface area contributed by atoms with Gasteiger partial charge >= 0.3 is 5.00 Å². The number of aromatic nitrogens is 1. The maximum absolute atomic E-state index is 11.1. The van der Waals surface area contributed by atoms with E-state index in [1.807, 2.05) is 0 Å². The summed E-state index contributed by atoms with van der Waals surface area (Å²) in [7, 11) is -3.02. The van der Waals surface area contributed by atoms with Gasteiger partial charge in [-0.05, 0) is 11.3 Å². The van der Waals surface area contributed by atoms with Crippen LogP contribution < -0.4 is 5.32 Å². The third kappa shape index (κ3) is 3.74. The molecule has 1 rings (SSSR count). The highest BCUT2D eigenvalue weighted by molar-refractivity contribution is 7.91. The van der Waals surface area contributed by atoms with Gasteiger partial charge in [0.25, 0.3) is 0 Å². The summed E-state index contributed by atoms with van der Waals surface area (Å²) >= 11 is 0.883. The van der Waals surface area contributed by atoms with E-state index in [1.165, 1.54) is 0 Å². The third-order valence-corrected chi connectivity index (χ3v) is 4.42. The first-order valence-corrected chi connectivity index (χ1v) is 7.13. The van der Waals surface area contributed by atoms with E-state index in [4.69, 9.17) is 0 Å². The Balaban J connectivity index is 2.46. The zero-order valence-corrected chi connectivity index (χ0v) is 10.2. The molecule has 1 aromatic heterocycles. The Bertz CT molecular complexity index is 468. The van der Waals surface area contributed by atoms with Gasteiger partial charge in [-0.2, -0.15) is 0 Å². The van der Waals surface area contributed by atoms with Crippen LogP contribution in [0.15, 0.2) is 6.20 Å². The van der Waals surface area contributed by atoms with Crippen LogP contribution in [0.3, 0.4) is 0 Å². The molecule has 0 saturated carbocycles. The van der Waals surface area contributed by atoms with E-state index in [0.717, 1.165) is 17.5 Å². The quantitative estimate of drug-likeness (QED) is 0.605. The molecule has 0 aliphatic rings. The van der Waals surface area contributed by atoms with Gasteiger partial charge in [-0.15, -0.1) is 0 Å². The van der Waals surface area contributed by atoms with E-state index in [9.17, 15) is 18.5 Å². The number of anilines is 1. The minimum atomic E-state index is -3.02. The summed E-state index contributed by atoms with van der Waals surface area (Å²) in [6, 6.07) is 0. The largest absolute Gasteiger partial charge is 0.360 e. The van der Waals surface area contributed by atoms with Crippen molar-refractivity contribution in [3.63, 3.8) is 0 Å². The number of hydrogen-bond acceptors (Lipinski definition) is 7. The molecule has 0 fully saturated rings. The molecule has 16 heavy (non-hydrogen) atoms. The molecular weight excluding hydrogens is 254 g/mol. The number of rotatable bonds is 6. The van der Waals surface area contributed by atoms with Gasteiger partial charge < -0.3 is 5.32 Å². The Morgan fingerprint density at radius 1 is 1.62 bits per heavy atom. The molecule has 0 bridgehead atoms. The Kier molecular flexibility index (Phi) is 4.19. The topological polar surface area (TPSA) is 102 Å². The highest BCUT2D eigenvalue weighted by Crippen LogP contribution is 2.24. The molecule has 0 aliphatic heterocycles.